The molecule has 0 aliphatic heterocycles. The van der Waals surface area contributed by atoms with E-state index in [-0.39, 0.29) is 11.4 Å². The third-order valence-electron chi connectivity index (χ3n) is 4.39. The lowest BCUT2D eigenvalue weighted by molar-refractivity contribution is 0.101. The van der Waals surface area contributed by atoms with Gasteiger partial charge >= 0.3 is 0 Å². The predicted octanol–water partition coefficient (Wildman–Crippen LogP) is 6.33. The maximum absolute atomic E-state index is 12.7. The van der Waals surface area contributed by atoms with Crippen molar-refractivity contribution in [2.45, 2.75) is 0 Å². The van der Waals surface area contributed by atoms with E-state index in [0.717, 1.165) is 29.4 Å². The van der Waals surface area contributed by atoms with E-state index >= 15 is 0 Å². The van der Waals surface area contributed by atoms with Crippen molar-refractivity contribution in [1.82, 2.24) is 15.0 Å². The van der Waals surface area contributed by atoms with E-state index in [4.69, 9.17) is 0 Å². The second-order valence-electron chi connectivity index (χ2n) is 6.53. The van der Waals surface area contributed by atoms with Crippen molar-refractivity contribution < 1.29 is 9.59 Å². The van der Waals surface area contributed by atoms with Crippen LogP contribution in [-0.4, -0.2) is 26.8 Å². The highest BCUT2D eigenvalue weighted by Crippen LogP contribution is 2.32. The van der Waals surface area contributed by atoms with E-state index in [0.29, 0.717) is 10.3 Å². The lowest BCUT2D eigenvalue weighted by atomic mass is 10.3. The van der Waals surface area contributed by atoms with Gasteiger partial charge in [-0.15, -0.1) is 0 Å². The van der Waals surface area contributed by atoms with Gasteiger partial charge in [0.25, 0.3) is 11.8 Å². The minimum Gasteiger partial charge on any atom is -0.296 e. The second-order valence-corrected chi connectivity index (χ2v) is 10.3. The number of aromatic nitrogens is 3. The van der Waals surface area contributed by atoms with Crippen molar-refractivity contribution in [2.75, 3.05) is 10.6 Å². The van der Waals surface area contributed by atoms with Gasteiger partial charge in [-0.1, -0.05) is 40.9 Å². The molecule has 3 heterocycles. The van der Waals surface area contributed by atoms with E-state index in [1.54, 1.807) is 18.2 Å². The first-order valence-electron chi connectivity index (χ1n) is 9.18. The molecule has 0 bridgehead atoms. The van der Waals surface area contributed by atoms with E-state index in [1.807, 2.05) is 36.4 Å². The van der Waals surface area contributed by atoms with Crippen LogP contribution in [0.15, 0.2) is 63.5 Å². The van der Waals surface area contributed by atoms with Gasteiger partial charge in [0, 0.05) is 8.95 Å². The highest BCUT2D eigenvalue weighted by molar-refractivity contribution is 9.11. The highest BCUT2D eigenvalue weighted by atomic mass is 79.9. The van der Waals surface area contributed by atoms with Gasteiger partial charge in [-0.25, -0.2) is 15.0 Å². The largest absolute Gasteiger partial charge is 0.296 e. The summed E-state index contributed by atoms with van der Waals surface area (Å²) in [6, 6.07) is 16.2. The number of anilines is 2. The van der Waals surface area contributed by atoms with Crippen LogP contribution in [0.3, 0.4) is 0 Å². The number of carbonyl (C=O) groups is 2. The fraction of sp³-hybridized carbons (Fsp3) is 0. The number of pyridine rings is 1. The van der Waals surface area contributed by atoms with Gasteiger partial charge < -0.3 is 0 Å². The Hall–Kier alpha value is -2.73. The molecule has 0 spiro atoms. The quantitative estimate of drug-likeness (QED) is 0.256. The zero-order valence-corrected chi connectivity index (χ0v) is 20.7. The van der Waals surface area contributed by atoms with Crippen LogP contribution in [0.5, 0.6) is 0 Å². The molecule has 11 heteroatoms. The fourth-order valence-electron chi connectivity index (χ4n) is 2.95. The van der Waals surface area contributed by atoms with Gasteiger partial charge in [0.05, 0.1) is 20.4 Å². The van der Waals surface area contributed by atoms with Gasteiger partial charge in [0.2, 0.25) is 0 Å². The molecule has 5 rings (SSSR count). The second kappa shape index (κ2) is 8.66. The molecule has 32 heavy (non-hydrogen) atoms. The lowest BCUT2D eigenvalue weighted by Crippen LogP contribution is -2.18. The number of halogens is 2. The summed E-state index contributed by atoms with van der Waals surface area (Å²) in [5, 5.41) is 6.41. The number of nitrogens with zero attached hydrogens (tertiary/aromatic N) is 3. The van der Waals surface area contributed by atoms with Gasteiger partial charge in [-0.3, -0.25) is 20.2 Å². The molecule has 0 saturated heterocycles. The molecule has 0 saturated carbocycles. The Morgan fingerprint density at radius 2 is 1.09 bits per heavy atom. The number of fused-ring (bicyclic) bond motifs is 2. The third-order valence-corrected chi connectivity index (χ3v) is 7.55. The molecule has 2 aromatic carbocycles. The zero-order valence-electron chi connectivity index (χ0n) is 15.9. The molecule has 2 amide bonds. The molecule has 0 aliphatic carbocycles. The van der Waals surface area contributed by atoms with Crippen molar-refractivity contribution in [3.8, 4) is 0 Å². The SMILES string of the molecule is O=C(Nc1nc2c(Br)cccc2s1)c1cccc(C(=O)Nc2nc3c(Br)cccc3s2)n1. The van der Waals surface area contributed by atoms with E-state index in [1.165, 1.54) is 22.7 Å². The van der Waals surface area contributed by atoms with Crippen LogP contribution >= 0.6 is 54.5 Å². The summed E-state index contributed by atoms with van der Waals surface area (Å²) in [6.45, 7) is 0. The van der Waals surface area contributed by atoms with Crippen molar-refractivity contribution in [3.63, 3.8) is 0 Å². The first-order valence-corrected chi connectivity index (χ1v) is 12.4. The molecule has 0 unspecified atom stereocenters. The first kappa shape index (κ1) is 21.1. The highest BCUT2D eigenvalue weighted by Gasteiger charge is 2.16. The monoisotopic (exact) mass is 587 g/mol. The van der Waals surface area contributed by atoms with Crippen molar-refractivity contribution in [1.29, 1.82) is 0 Å². The number of benzene rings is 2. The Morgan fingerprint density at radius 1 is 0.656 bits per heavy atom. The standard InChI is InChI=1S/C21H11Br2N5O2S2/c22-10-4-1-8-14-16(10)25-20(31-14)27-18(29)12-6-3-7-13(24-12)19(30)28-21-26-17-11(23)5-2-9-15(17)32-21/h1-9H,(H,25,27,29)(H,26,28,30). The maximum atomic E-state index is 12.7. The van der Waals surface area contributed by atoms with Crippen LogP contribution in [0.1, 0.15) is 21.0 Å². The Morgan fingerprint density at radius 3 is 1.53 bits per heavy atom. The Bertz CT molecular complexity index is 1410. The predicted molar refractivity (Wildman–Crippen MR) is 135 cm³/mol. The zero-order chi connectivity index (χ0) is 22.2. The molecule has 3 aromatic heterocycles. The number of para-hydroxylation sites is 2. The molecule has 158 valence electrons. The Labute approximate surface area is 206 Å². The number of thiazole rings is 2. The average Bonchev–Trinajstić information content (AvgIpc) is 3.39. The van der Waals surface area contributed by atoms with E-state index < -0.39 is 11.8 Å². The molecule has 0 aliphatic rings. The summed E-state index contributed by atoms with van der Waals surface area (Å²) in [5.74, 6) is -0.891. The molecule has 5 aromatic rings. The number of rotatable bonds is 4. The van der Waals surface area contributed by atoms with Crippen molar-refractivity contribution >= 4 is 97.0 Å². The molecule has 0 fully saturated rings. The van der Waals surface area contributed by atoms with Gasteiger partial charge in [-0.05, 0) is 68.3 Å². The Balaban J connectivity index is 1.34. The number of carbonyl (C=O) groups excluding carboxylic acids is 2. The smallest absolute Gasteiger partial charge is 0.276 e. The van der Waals surface area contributed by atoms with Crippen LogP contribution in [0, 0.1) is 0 Å². The molecular weight excluding hydrogens is 578 g/mol. The molecular formula is C21H11Br2N5O2S2. The molecule has 7 nitrogen and oxygen atoms in total. The average molecular weight is 589 g/mol. The van der Waals surface area contributed by atoms with Crippen LogP contribution in [0.2, 0.25) is 0 Å². The maximum Gasteiger partial charge on any atom is 0.276 e. The minimum atomic E-state index is -0.446. The van der Waals surface area contributed by atoms with Gasteiger partial charge in [-0.2, -0.15) is 0 Å². The topological polar surface area (TPSA) is 96.9 Å². The summed E-state index contributed by atoms with van der Waals surface area (Å²) in [7, 11) is 0. The van der Waals surface area contributed by atoms with Crippen molar-refractivity contribution in [3.05, 3.63) is 74.9 Å². The van der Waals surface area contributed by atoms with E-state index in [9.17, 15) is 9.59 Å². The normalized spacial score (nSPS) is 11.1. The Kier molecular flexibility index (Phi) is 5.72. The number of hydrogen-bond acceptors (Lipinski definition) is 7. The summed E-state index contributed by atoms with van der Waals surface area (Å²) in [5.41, 5.74) is 1.78. The fourth-order valence-corrected chi connectivity index (χ4v) is 5.89. The number of nitrogens with one attached hydrogen (secondary N) is 2. The summed E-state index contributed by atoms with van der Waals surface area (Å²) < 4.78 is 3.59. The van der Waals surface area contributed by atoms with Crippen LogP contribution in [0.4, 0.5) is 10.3 Å². The van der Waals surface area contributed by atoms with E-state index in [2.05, 4.69) is 57.4 Å². The third kappa shape index (κ3) is 4.16. The van der Waals surface area contributed by atoms with Crippen molar-refractivity contribution in [2.24, 2.45) is 0 Å². The van der Waals surface area contributed by atoms with Crippen LogP contribution < -0.4 is 10.6 Å². The van der Waals surface area contributed by atoms with Crippen LogP contribution in [-0.2, 0) is 0 Å². The summed E-state index contributed by atoms with van der Waals surface area (Å²) in [4.78, 5) is 38.5. The van der Waals surface area contributed by atoms with Gasteiger partial charge in [0.1, 0.15) is 11.4 Å². The molecule has 0 radical (unpaired) electrons. The summed E-state index contributed by atoms with van der Waals surface area (Å²) in [6.07, 6.45) is 0. The molecule has 0 atom stereocenters. The first-order chi connectivity index (χ1) is 15.5. The minimum absolute atomic E-state index is 0.114. The van der Waals surface area contributed by atoms with Crippen LogP contribution in [0.25, 0.3) is 20.4 Å². The summed E-state index contributed by atoms with van der Waals surface area (Å²) >= 11 is 9.63. The number of hydrogen-bond donors (Lipinski definition) is 2. The van der Waals surface area contributed by atoms with Gasteiger partial charge in [0.15, 0.2) is 10.3 Å². The molecule has 2 N–H and O–H groups in total. The number of amides is 2. The lowest BCUT2D eigenvalue weighted by Gasteiger charge is -2.04.